The van der Waals surface area contributed by atoms with Crippen LogP contribution in [0, 0.1) is 20.2 Å². The van der Waals surface area contributed by atoms with E-state index < -0.39 is 32.8 Å². The Balaban J connectivity index is 2.47. The highest BCUT2D eigenvalue weighted by atomic mass is 79.9. The van der Waals surface area contributed by atoms with Crippen LogP contribution in [0.2, 0.25) is 0 Å². The number of hydrogen-bond acceptors (Lipinski definition) is 7. The van der Waals surface area contributed by atoms with Crippen molar-refractivity contribution >= 4 is 55.5 Å². The number of aldehydes is 1. The van der Waals surface area contributed by atoms with Gasteiger partial charge in [0.1, 0.15) is 0 Å². The van der Waals surface area contributed by atoms with Crippen LogP contribution in [0.5, 0.6) is 5.75 Å². The number of non-ortho nitro benzene ring substituents is 2. The lowest BCUT2D eigenvalue weighted by Gasteiger charge is -2.09. The van der Waals surface area contributed by atoms with E-state index in [1.54, 1.807) is 0 Å². The van der Waals surface area contributed by atoms with Crippen LogP contribution in [-0.2, 0) is 0 Å². The van der Waals surface area contributed by atoms with Crippen molar-refractivity contribution in [1.29, 1.82) is 0 Å². The van der Waals surface area contributed by atoms with Crippen molar-refractivity contribution in [3.8, 4) is 5.75 Å². The maximum atomic E-state index is 12.3. The summed E-state index contributed by atoms with van der Waals surface area (Å²) in [5.41, 5.74) is -1.62. The van der Waals surface area contributed by atoms with Gasteiger partial charge in [0.25, 0.3) is 11.4 Å². The highest BCUT2D eigenvalue weighted by Gasteiger charge is 2.22. The van der Waals surface area contributed by atoms with Crippen LogP contribution in [-0.4, -0.2) is 22.1 Å². The van der Waals surface area contributed by atoms with E-state index in [1.807, 2.05) is 0 Å². The zero-order valence-electron chi connectivity index (χ0n) is 12.0. The van der Waals surface area contributed by atoms with Crippen molar-refractivity contribution in [1.82, 2.24) is 0 Å². The Morgan fingerprint density at radius 1 is 1.00 bits per heavy atom. The van der Waals surface area contributed by atoms with Gasteiger partial charge in [0.15, 0.2) is 12.0 Å². The molecule has 0 spiro atoms. The van der Waals surface area contributed by atoms with Crippen LogP contribution < -0.4 is 4.74 Å². The summed E-state index contributed by atoms with van der Waals surface area (Å²) >= 11 is 6.30. The average Bonchev–Trinajstić information content (AvgIpc) is 2.56. The second-order valence-electron chi connectivity index (χ2n) is 4.57. The van der Waals surface area contributed by atoms with E-state index in [0.717, 1.165) is 18.2 Å². The minimum absolute atomic E-state index is 0.0366. The number of ether oxygens (including phenoxy) is 1. The van der Waals surface area contributed by atoms with E-state index in [0.29, 0.717) is 10.8 Å². The standard InChI is InChI=1S/C14H6Br2N2O7/c15-9-1-8(6-19)13(12(16)4-9)25-14(20)7-2-10(17(21)22)5-11(3-7)18(23)24/h1-6H. The SMILES string of the molecule is O=Cc1cc(Br)cc(Br)c1OC(=O)c1cc([N+](=O)[O-])cc([N+](=O)[O-])c1. The quantitative estimate of drug-likeness (QED) is 0.210. The molecule has 0 atom stereocenters. The van der Waals surface area contributed by atoms with E-state index in [-0.39, 0.29) is 15.8 Å². The van der Waals surface area contributed by atoms with E-state index in [2.05, 4.69) is 31.9 Å². The number of esters is 1. The Kier molecular flexibility index (Phi) is 5.59. The number of halogens is 2. The van der Waals surface area contributed by atoms with Gasteiger partial charge in [-0.05, 0) is 28.1 Å². The molecule has 25 heavy (non-hydrogen) atoms. The molecule has 2 rings (SSSR count). The molecule has 11 heteroatoms. The zero-order chi connectivity index (χ0) is 18.7. The fourth-order valence-electron chi connectivity index (χ4n) is 1.85. The molecule has 2 aromatic carbocycles. The lowest BCUT2D eigenvalue weighted by Crippen LogP contribution is -2.11. The Morgan fingerprint density at radius 3 is 2.04 bits per heavy atom. The third-order valence-electron chi connectivity index (χ3n) is 2.92. The largest absolute Gasteiger partial charge is 0.421 e. The predicted molar refractivity (Wildman–Crippen MR) is 91.9 cm³/mol. The van der Waals surface area contributed by atoms with Crippen LogP contribution in [0.1, 0.15) is 20.7 Å². The normalized spacial score (nSPS) is 10.2. The molecule has 0 saturated heterocycles. The van der Waals surface area contributed by atoms with Crippen molar-refractivity contribution in [2.45, 2.75) is 0 Å². The van der Waals surface area contributed by atoms with Crippen LogP contribution in [0.4, 0.5) is 11.4 Å². The third-order valence-corrected chi connectivity index (χ3v) is 3.97. The van der Waals surface area contributed by atoms with Gasteiger partial charge >= 0.3 is 5.97 Å². The van der Waals surface area contributed by atoms with Gasteiger partial charge in [-0.25, -0.2) is 4.79 Å². The summed E-state index contributed by atoms with van der Waals surface area (Å²) in [6.45, 7) is 0. The Labute approximate surface area is 156 Å². The highest BCUT2D eigenvalue weighted by molar-refractivity contribution is 9.11. The number of carbonyl (C=O) groups is 2. The summed E-state index contributed by atoms with van der Waals surface area (Å²) in [7, 11) is 0. The van der Waals surface area contributed by atoms with Gasteiger partial charge in [-0.15, -0.1) is 0 Å². The topological polar surface area (TPSA) is 130 Å². The third kappa shape index (κ3) is 4.25. The zero-order valence-corrected chi connectivity index (χ0v) is 15.1. The number of rotatable bonds is 5. The van der Waals surface area contributed by atoms with Gasteiger partial charge in [0.2, 0.25) is 0 Å². The summed E-state index contributed by atoms with van der Waals surface area (Å²) in [5.74, 6) is -1.20. The van der Waals surface area contributed by atoms with Gasteiger partial charge in [-0.3, -0.25) is 25.0 Å². The second kappa shape index (κ2) is 7.49. The van der Waals surface area contributed by atoms with Gasteiger partial charge in [-0.1, -0.05) is 15.9 Å². The molecule has 0 bridgehead atoms. The number of nitro benzene ring substituents is 2. The number of nitro groups is 2. The number of nitrogens with zero attached hydrogens (tertiary/aromatic N) is 2. The molecular weight excluding hydrogens is 468 g/mol. The molecule has 2 aromatic rings. The number of benzene rings is 2. The smallest absolute Gasteiger partial charge is 0.344 e. The fraction of sp³-hybridized carbons (Fsp3) is 0. The minimum Gasteiger partial charge on any atom is -0.421 e. The summed E-state index contributed by atoms with van der Waals surface area (Å²) in [6.07, 6.45) is 0.452. The first-order valence-corrected chi connectivity index (χ1v) is 7.91. The van der Waals surface area contributed by atoms with Crippen molar-refractivity contribution < 1.29 is 24.2 Å². The maximum absolute atomic E-state index is 12.3. The molecule has 0 unspecified atom stereocenters. The molecule has 128 valence electrons. The lowest BCUT2D eigenvalue weighted by atomic mass is 10.1. The summed E-state index contributed by atoms with van der Waals surface area (Å²) in [5, 5.41) is 21.7. The van der Waals surface area contributed by atoms with E-state index >= 15 is 0 Å². The van der Waals surface area contributed by atoms with Gasteiger partial charge in [0.05, 0.1) is 31.5 Å². The Bertz CT molecular complexity index is 882. The Hall–Kier alpha value is -2.66. The predicted octanol–water partition coefficient (Wildman–Crippen LogP) is 4.06. The average molecular weight is 474 g/mol. The summed E-state index contributed by atoms with van der Waals surface area (Å²) in [6, 6.07) is 5.34. The maximum Gasteiger partial charge on any atom is 0.344 e. The molecule has 0 radical (unpaired) electrons. The van der Waals surface area contributed by atoms with Crippen molar-refractivity contribution in [3.05, 3.63) is 70.6 Å². The highest BCUT2D eigenvalue weighted by Crippen LogP contribution is 2.33. The van der Waals surface area contributed by atoms with Crippen LogP contribution in [0.3, 0.4) is 0 Å². The monoisotopic (exact) mass is 472 g/mol. The van der Waals surface area contributed by atoms with Gasteiger partial charge < -0.3 is 4.74 Å². The molecule has 0 amide bonds. The minimum atomic E-state index is -1.09. The lowest BCUT2D eigenvalue weighted by molar-refractivity contribution is -0.394. The molecule has 0 aliphatic carbocycles. The first-order chi connectivity index (χ1) is 11.7. The molecule has 0 heterocycles. The molecular formula is C14H6Br2N2O7. The first kappa shape index (κ1) is 18.7. The van der Waals surface area contributed by atoms with Crippen molar-refractivity contribution in [3.63, 3.8) is 0 Å². The first-order valence-electron chi connectivity index (χ1n) is 6.33. The number of hydrogen-bond donors (Lipinski definition) is 0. The molecule has 9 nitrogen and oxygen atoms in total. The van der Waals surface area contributed by atoms with E-state index in [4.69, 9.17) is 4.74 Å². The van der Waals surface area contributed by atoms with Crippen LogP contribution >= 0.6 is 31.9 Å². The van der Waals surface area contributed by atoms with Crippen LogP contribution in [0.15, 0.2) is 39.3 Å². The molecule has 0 aliphatic rings. The van der Waals surface area contributed by atoms with E-state index in [9.17, 15) is 29.8 Å². The molecule has 0 aliphatic heterocycles. The summed E-state index contributed by atoms with van der Waals surface area (Å²) < 4.78 is 5.92. The van der Waals surface area contributed by atoms with Crippen molar-refractivity contribution in [2.24, 2.45) is 0 Å². The Morgan fingerprint density at radius 2 is 1.56 bits per heavy atom. The second-order valence-corrected chi connectivity index (χ2v) is 6.34. The fourth-order valence-corrected chi connectivity index (χ4v) is 3.19. The molecule has 0 fully saturated rings. The molecule has 0 N–H and O–H groups in total. The molecule has 0 aromatic heterocycles. The van der Waals surface area contributed by atoms with Gasteiger partial charge in [-0.2, -0.15) is 0 Å². The van der Waals surface area contributed by atoms with Crippen molar-refractivity contribution in [2.75, 3.05) is 0 Å². The molecule has 0 saturated carbocycles. The van der Waals surface area contributed by atoms with Gasteiger partial charge in [0, 0.05) is 16.6 Å². The van der Waals surface area contributed by atoms with Crippen LogP contribution in [0.25, 0.3) is 0 Å². The summed E-state index contributed by atoms with van der Waals surface area (Å²) in [4.78, 5) is 43.4. The number of carbonyl (C=O) groups excluding carboxylic acids is 2. The van der Waals surface area contributed by atoms with E-state index in [1.165, 1.54) is 12.1 Å².